The summed E-state index contributed by atoms with van der Waals surface area (Å²) in [6, 6.07) is 21.5. The molecule has 3 heterocycles. The fourth-order valence-corrected chi connectivity index (χ4v) is 6.46. The van der Waals surface area contributed by atoms with Crippen LogP contribution in [0.15, 0.2) is 72.9 Å². The lowest BCUT2D eigenvalue weighted by molar-refractivity contribution is 0.417. The van der Waals surface area contributed by atoms with Gasteiger partial charge in [-0.2, -0.15) is 0 Å². The second-order valence-corrected chi connectivity index (χ2v) is 12.0. The minimum Gasteiger partial charge on any atom is -0.494 e. The van der Waals surface area contributed by atoms with Crippen LogP contribution in [0.2, 0.25) is 0 Å². The monoisotopic (exact) mass is 575 g/mol. The number of aryl methyl sites for hydroxylation is 2. The highest BCUT2D eigenvalue weighted by Crippen LogP contribution is 2.45. The molecule has 1 aliphatic heterocycles. The van der Waals surface area contributed by atoms with Gasteiger partial charge in [0.25, 0.3) is 0 Å². The van der Waals surface area contributed by atoms with Crippen molar-refractivity contribution in [2.24, 2.45) is 0 Å². The van der Waals surface area contributed by atoms with Crippen LogP contribution in [-0.2, 0) is 16.4 Å². The summed E-state index contributed by atoms with van der Waals surface area (Å²) in [5.41, 5.74) is 7.79. The van der Waals surface area contributed by atoms with E-state index in [1.165, 1.54) is 18.4 Å². The van der Waals surface area contributed by atoms with Gasteiger partial charge in [0.2, 0.25) is 10.0 Å². The SMILES string of the molecule is CCc1ccccc1-n1c(C)cc([C@H]2[C@H](c3ccccn3)NC(=S)N2c2ccc(NS(C)(=O)=O)c(OC)c2)c1C. The molecule has 0 unspecified atom stereocenters. The van der Waals surface area contributed by atoms with Crippen molar-refractivity contribution < 1.29 is 13.2 Å². The first-order valence-corrected chi connectivity index (χ1v) is 15.4. The van der Waals surface area contributed by atoms with Crippen molar-refractivity contribution in [3.8, 4) is 11.4 Å². The van der Waals surface area contributed by atoms with E-state index in [4.69, 9.17) is 17.0 Å². The maximum absolute atomic E-state index is 11.9. The average Bonchev–Trinajstić information content (AvgIpc) is 3.43. The van der Waals surface area contributed by atoms with Gasteiger partial charge in [-0.1, -0.05) is 31.2 Å². The number of para-hydroxylation sites is 1. The number of nitrogens with one attached hydrogen (secondary N) is 2. The van der Waals surface area contributed by atoms with Crippen LogP contribution in [0.25, 0.3) is 5.69 Å². The number of methoxy groups -OCH3 is 1. The number of ether oxygens (including phenoxy) is 1. The molecule has 1 fully saturated rings. The number of pyridine rings is 1. The van der Waals surface area contributed by atoms with Gasteiger partial charge in [-0.15, -0.1) is 0 Å². The van der Waals surface area contributed by atoms with Crippen molar-refractivity contribution in [2.45, 2.75) is 39.3 Å². The highest BCUT2D eigenvalue weighted by molar-refractivity contribution is 7.92. The van der Waals surface area contributed by atoms with E-state index in [1.54, 1.807) is 18.3 Å². The van der Waals surface area contributed by atoms with Gasteiger partial charge in [-0.25, -0.2) is 8.42 Å². The Hall–Kier alpha value is -3.89. The van der Waals surface area contributed by atoms with Crippen LogP contribution < -0.4 is 19.7 Å². The Morgan fingerprint density at radius 3 is 2.50 bits per heavy atom. The van der Waals surface area contributed by atoms with Gasteiger partial charge < -0.3 is 19.5 Å². The predicted octanol–water partition coefficient (Wildman–Crippen LogP) is 5.61. The Morgan fingerprint density at radius 2 is 1.82 bits per heavy atom. The predicted molar refractivity (Wildman–Crippen MR) is 164 cm³/mol. The van der Waals surface area contributed by atoms with Crippen LogP contribution >= 0.6 is 12.2 Å². The molecule has 0 radical (unpaired) electrons. The van der Waals surface area contributed by atoms with Gasteiger partial charge in [-0.05, 0) is 80.0 Å². The number of nitrogens with zero attached hydrogens (tertiary/aromatic N) is 3. The number of rotatable bonds is 8. The number of sulfonamides is 1. The van der Waals surface area contributed by atoms with Gasteiger partial charge >= 0.3 is 0 Å². The summed E-state index contributed by atoms with van der Waals surface area (Å²) in [6.07, 6.45) is 3.82. The van der Waals surface area contributed by atoms with E-state index < -0.39 is 10.0 Å². The van der Waals surface area contributed by atoms with Gasteiger partial charge in [0.1, 0.15) is 5.75 Å². The van der Waals surface area contributed by atoms with Crippen LogP contribution in [0.4, 0.5) is 11.4 Å². The van der Waals surface area contributed by atoms with E-state index in [2.05, 4.69) is 75.6 Å². The van der Waals surface area contributed by atoms with Gasteiger partial charge in [0.05, 0.1) is 36.8 Å². The van der Waals surface area contributed by atoms with Crippen LogP contribution in [0.3, 0.4) is 0 Å². The molecule has 208 valence electrons. The highest BCUT2D eigenvalue weighted by Gasteiger charge is 2.42. The van der Waals surface area contributed by atoms with Crippen LogP contribution in [-0.4, -0.2) is 36.4 Å². The average molecular weight is 576 g/mol. The summed E-state index contributed by atoms with van der Waals surface area (Å²) in [7, 11) is -1.97. The molecule has 2 aromatic heterocycles. The van der Waals surface area contributed by atoms with Crippen LogP contribution in [0.5, 0.6) is 5.75 Å². The lowest BCUT2D eigenvalue weighted by atomic mass is 9.96. The summed E-state index contributed by atoms with van der Waals surface area (Å²) >= 11 is 5.92. The Balaban J connectivity index is 1.68. The molecule has 4 aromatic rings. The smallest absolute Gasteiger partial charge is 0.229 e. The minimum absolute atomic E-state index is 0.219. The maximum Gasteiger partial charge on any atom is 0.229 e. The largest absolute Gasteiger partial charge is 0.494 e. The third kappa shape index (κ3) is 5.16. The Labute approximate surface area is 241 Å². The normalized spacial score (nSPS) is 17.1. The van der Waals surface area contributed by atoms with Crippen molar-refractivity contribution in [3.63, 3.8) is 0 Å². The van der Waals surface area contributed by atoms with Gasteiger partial charge in [0, 0.05) is 35.0 Å². The molecule has 0 saturated carbocycles. The molecule has 1 aliphatic rings. The summed E-state index contributed by atoms with van der Waals surface area (Å²) in [6.45, 7) is 6.43. The third-order valence-electron chi connectivity index (χ3n) is 7.26. The van der Waals surface area contributed by atoms with Crippen molar-refractivity contribution in [1.82, 2.24) is 14.9 Å². The molecule has 5 rings (SSSR count). The first kappa shape index (κ1) is 27.7. The number of hydrogen-bond donors (Lipinski definition) is 2. The molecular weight excluding hydrogens is 542 g/mol. The number of anilines is 2. The number of aromatic nitrogens is 2. The molecule has 8 nitrogen and oxygen atoms in total. The van der Waals surface area contributed by atoms with Crippen LogP contribution in [0.1, 0.15) is 47.2 Å². The summed E-state index contributed by atoms with van der Waals surface area (Å²) in [5.74, 6) is 0.396. The summed E-state index contributed by atoms with van der Waals surface area (Å²) in [4.78, 5) is 6.74. The fraction of sp³-hybridized carbons (Fsp3) is 0.267. The topological polar surface area (TPSA) is 88.5 Å². The van der Waals surface area contributed by atoms with Crippen molar-refractivity contribution >= 4 is 38.7 Å². The molecular formula is C30H33N5O3S2. The standard InChI is InChI=1S/C30H33N5O3S2/c1-6-21-11-7-8-13-26(21)34-19(2)17-23(20(34)3)29-28(25-12-9-10-16-31-25)32-30(39)35(29)22-14-15-24(27(18-22)38-4)33-40(5,36)37/h7-18,28-29,33H,6H2,1-5H3,(H,32,39)/t28-,29-/m0/s1. The molecule has 2 atom stereocenters. The molecule has 40 heavy (non-hydrogen) atoms. The number of thiocarbonyl (C=S) groups is 1. The second-order valence-electron chi connectivity index (χ2n) is 9.90. The zero-order chi connectivity index (χ0) is 28.6. The molecule has 1 saturated heterocycles. The zero-order valence-electron chi connectivity index (χ0n) is 23.2. The van der Waals surface area contributed by atoms with E-state index in [1.807, 2.05) is 24.3 Å². The van der Waals surface area contributed by atoms with E-state index in [-0.39, 0.29) is 12.1 Å². The third-order valence-corrected chi connectivity index (χ3v) is 8.16. The number of hydrogen-bond acceptors (Lipinski definition) is 5. The fourth-order valence-electron chi connectivity index (χ4n) is 5.55. The maximum atomic E-state index is 11.9. The van der Waals surface area contributed by atoms with E-state index in [9.17, 15) is 8.42 Å². The highest BCUT2D eigenvalue weighted by atomic mass is 32.2. The Bertz CT molecular complexity index is 1670. The van der Waals surface area contributed by atoms with E-state index >= 15 is 0 Å². The van der Waals surface area contributed by atoms with Crippen molar-refractivity contribution in [2.75, 3.05) is 23.0 Å². The molecule has 0 aliphatic carbocycles. The van der Waals surface area contributed by atoms with Crippen LogP contribution in [0, 0.1) is 13.8 Å². The quantitative estimate of drug-likeness (QED) is 0.264. The molecule has 0 amide bonds. The molecule has 2 aromatic carbocycles. The molecule has 2 N–H and O–H groups in total. The molecule has 10 heteroatoms. The van der Waals surface area contributed by atoms with E-state index in [0.717, 1.165) is 41.0 Å². The second kappa shape index (κ2) is 10.9. The van der Waals surface area contributed by atoms with Gasteiger partial charge in [-0.3, -0.25) is 9.71 Å². The van der Waals surface area contributed by atoms with Crippen molar-refractivity contribution in [3.05, 3.63) is 101 Å². The Morgan fingerprint density at radius 1 is 1.07 bits per heavy atom. The first-order chi connectivity index (χ1) is 19.1. The lowest BCUT2D eigenvalue weighted by Crippen LogP contribution is -2.29. The van der Waals surface area contributed by atoms with Gasteiger partial charge in [0.15, 0.2) is 5.11 Å². The first-order valence-electron chi connectivity index (χ1n) is 13.1. The van der Waals surface area contributed by atoms with Crippen molar-refractivity contribution in [1.29, 1.82) is 0 Å². The summed E-state index contributed by atoms with van der Waals surface area (Å²) < 4.78 is 34.2. The van der Waals surface area contributed by atoms with E-state index in [0.29, 0.717) is 16.5 Å². The Kier molecular flexibility index (Phi) is 7.57. The lowest BCUT2D eigenvalue weighted by Gasteiger charge is -2.29. The zero-order valence-corrected chi connectivity index (χ0v) is 24.8. The minimum atomic E-state index is -3.48. The molecule has 0 spiro atoms. The number of benzene rings is 2. The summed E-state index contributed by atoms with van der Waals surface area (Å²) in [5, 5.41) is 4.06. The molecule has 0 bridgehead atoms.